The highest BCUT2D eigenvalue weighted by molar-refractivity contribution is 6.33. The van der Waals surface area contributed by atoms with Gasteiger partial charge in [-0.3, -0.25) is 4.79 Å². The van der Waals surface area contributed by atoms with E-state index in [2.05, 4.69) is 11.8 Å². The average molecular weight is 288 g/mol. The highest BCUT2D eigenvalue weighted by Crippen LogP contribution is 2.31. The summed E-state index contributed by atoms with van der Waals surface area (Å²) in [5, 5.41) is 0.687. The maximum absolute atomic E-state index is 11.3. The first-order valence-corrected chi connectivity index (χ1v) is 6.54. The highest BCUT2D eigenvalue weighted by Gasteiger charge is 2.20. The van der Waals surface area contributed by atoms with Crippen LogP contribution in [0.1, 0.15) is 43.5 Å². The third-order valence-electron chi connectivity index (χ3n) is 3.47. The van der Waals surface area contributed by atoms with E-state index >= 15 is 0 Å². The Kier molecular flexibility index (Phi) is 5.48. The molecule has 0 N–H and O–H groups in total. The molecule has 1 fully saturated rings. The van der Waals surface area contributed by atoms with Crippen molar-refractivity contribution in [2.75, 3.05) is 11.4 Å². The molecule has 1 aliphatic rings. The lowest BCUT2D eigenvalue weighted by Crippen LogP contribution is -2.37. The standard InChI is InChI=1S/C14H18ClNO.ClH/c1-10-5-3-4-8-16(10)14-7-6-12(11(2)17)9-13(14)15;/h6-7,9-10H,3-5,8H2,1-2H3;1H. The number of carbonyl (C=O) groups excluding carboxylic acids is 1. The summed E-state index contributed by atoms with van der Waals surface area (Å²) in [5.74, 6) is 0.0603. The van der Waals surface area contributed by atoms with Gasteiger partial charge in [0.2, 0.25) is 0 Å². The molecule has 0 aliphatic carbocycles. The first kappa shape index (κ1) is 15.3. The SMILES string of the molecule is CC(=O)c1ccc(N2CCCCC2C)c(Cl)c1.Cl. The van der Waals surface area contributed by atoms with Gasteiger partial charge in [0, 0.05) is 18.2 Å². The van der Waals surface area contributed by atoms with Gasteiger partial charge in [-0.2, -0.15) is 0 Å². The van der Waals surface area contributed by atoms with Gasteiger partial charge in [-0.15, -0.1) is 12.4 Å². The minimum Gasteiger partial charge on any atom is -0.368 e. The normalized spacial score (nSPS) is 19.3. The number of anilines is 1. The molecular formula is C14H19Cl2NO. The molecule has 2 nitrogen and oxygen atoms in total. The molecule has 1 unspecified atom stereocenters. The Bertz CT molecular complexity index is 434. The Labute approximate surface area is 120 Å². The Morgan fingerprint density at radius 2 is 2.11 bits per heavy atom. The fourth-order valence-corrected chi connectivity index (χ4v) is 2.70. The van der Waals surface area contributed by atoms with Crippen molar-refractivity contribution in [3.8, 4) is 0 Å². The molecule has 100 valence electrons. The number of carbonyl (C=O) groups is 1. The summed E-state index contributed by atoms with van der Waals surface area (Å²) in [6, 6.07) is 6.15. The first-order chi connectivity index (χ1) is 8.09. The Hall–Kier alpha value is -0.730. The predicted molar refractivity (Wildman–Crippen MR) is 79.4 cm³/mol. The fourth-order valence-electron chi connectivity index (χ4n) is 2.41. The zero-order chi connectivity index (χ0) is 12.4. The van der Waals surface area contributed by atoms with Gasteiger partial charge < -0.3 is 4.90 Å². The molecule has 0 spiro atoms. The van der Waals surface area contributed by atoms with E-state index in [1.165, 1.54) is 19.3 Å². The van der Waals surface area contributed by atoms with Crippen molar-refractivity contribution >= 4 is 35.5 Å². The quantitative estimate of drug-likeness (QED) is 0.754. The summed E-state index contributed by atoms with van der Waals surface area (Å²) in [7, 11) is 0. The number of piperidine rings is 1. The maximum Gasteiger partial charge on any atom is 0.159 e. The van der Waals surface area contributed by atoms with Crippen LogP contribution in [0.5, 0.6) is 0 Å². The molecule has 1 aromatic rings. The number of rotatable bonds is 2. The van der Waals surface area contributed by atoms with Gasteiger partial charge in [0.1, 0.15) is 0 Å². The summed E-state index contributed by atoms with van der Waals surface area (Å²) >= 11 is 6.28. The van der Waals surface area contributed by atoms with Gasteiger partial charge in [0.25, 0.3) is 0 Å². The lowest BCUT2D eigenvalue weighted by Gasteiger charge is -2.36. The van der Waals surface area contributed by atoms with Gasteiger partial charge in [-0.25, -0.2) is 0 Å². The summed E-state index contributed by atoms with van der Waals surface area (Å²) in [5.41, 5.74) is 1.74. The van der Waals surface area contributed by atoms with Crippen molar-refractivity contribution in [3.63, 3.8) is 0 Å². The molecule has 1 aliphatic heterocycles. The van der Waals surface area contributed by atoms with Gasteiger partial charge in [0.05, 0.1) is 10.7 Å². The summed E-state index contributed by atoms with van der Waals surface area (Å²) in [6.45, 7) is 4.85. The molecule has 4 heteroatoms. The van der Waals surface area contributed by atoms with Crippen molar-refractivity contribution in [1.29, 1.82) is 0 Å². The monoisotopic (exact) mass is 287 g/mol. The zero-order valence-corrected chi connectivity index (χ0v) is 12.4. The second-order valence-corrected chi connectivity index (χ2v) is 5.17. The molecule has 0 amide bonds. The van der Waals surface area contributed by atoms with Crippen LogP contribution < -0.4 is 4.90 Å². The lowest BCUT2D eigenvalue weighted by molar-refractivity contribution is 0.101. The predicted octanol–water partition coefficient (Wildman–Crippen LogP) is 4.34. The van der Waals surface area contributed by atoms with Crippen LogP contribution in [-0.2, 0) is 0 Å². The third-order valence-corrected chi connectivity index (χ3v) is 3.77. The topological polar surface area (TPSA) is 20.3 Å². The average Bonchev–Trinajstić information content (AvgIpc) is 2.30. The van der Waals surface area contributed by atoms with Crippen molar-refractivity contribution in [1.82, 2.24) is 0 Å². The van der Waals surface area contributed by atoms with E-state index in [-0.39, 0.29) is 18.2 Å². The molecule has 18 heavy (non-hydrogen) atoms. The largest absolute Gasteiger partial charge is 0.368 e. The van der Waals surface area contributed by atoms with E-state index < -0.39 is 0 Å². The Morgan fingerprint density at radius 3 is 2.67 bits per heavy atom. The minimum absolute atomic E-state index is 0. The van der Waals surface area contributed by atoms with Crippen LogP contribution in [0.4, 0.5) is 5.69 Å². The molecule has 0 aromatic heterocycles. The van der Waals surface area contributed by atoms with E-state index in [4.69, 9.17) is 11.6 Å². The molecule has 1 aromatic carbocycles. The van der Waals surface area contributed by atoms with Crippen LogP contribution in [-0.4, -0.2) is 18.4 Å². The zero-order valence-electron chi connectivity index (χ0n) is 10.8. The number of nitrogens with zero attached hydrogens (tertiary/aromatic N) is 1. The molecule has 0 saturated carbocycles. The smallest absolute Gasteiger partial charge is 0.159 e. The van der Waals surface area contributed by atoms with Gasteiger partial charge in [0.15, 0.2) is 5.78 Å². The summed E-state index contributed by atoms with van der Waals surface area (Å²) in [4.78, 5) is 13.6. The van der Waals surface area contributed by atoms with Gasteiger partial charge in [-0.05, 0) is 51.3 Å². The van der Waals surface area contributed by atoms with E-state index in [9.17, 15) is 4.79 Å². The van der Waals surface area contributed by atoms with E-state index in [0.717, 1.165) is 12.2 Å². The van der Waals surface area contributed by atoms with Crippen LogP contribution in [0.15, 0.2) is 18.2 Å². The molecular weight excluding hydrogens is 269 g/mol. The maximum atomic E-state index is 11.3. The van der Waals surface area contributed by atoms with Gasteiger partial charge in [-0.1, -0.05) is 11.6 Å². The number of Topliss-reactive ketones (excluding diaryl/α,β-unsaturated/α-hetero) is 1. The first-order valence-electron chi connectivity index (χ1n) is 6.16. The second-order valence-electron chi connectivity index (χ2n) is 4.76. The molecule has 0 bridgehead atoms. The van der Waals surface area contributed by atoms with Crippen LogP contribution in [0.2, 0.25) is 5.02 Å². The number of ketones is 1. The van der Waals surface area contributed by atoms with Crippen LogP contribution >= 0.6 is 24.0 Å². The number of halogens is 2. The van der Waals surface area contributed by atoms with E-state index in [1.54, 1.807) is 13.0 Å². The van der Waals surface area contributed by atoms with Crippen molar-refractivity contribution in [3.05, 3.63) is 28.8 Å². The second kappa shape index (κ2) is 6.44. The molecule has 1 heterocycles. The Balaban J connectivity index is 0.00000162. The molecule has 1 saturated heterocycles. The van der Waals surface area contributed by atoms with Crippen molar-refractivity contribution in [2.45, 2.75) is 39.2 Å². The van der Waals surface area contributed by atoms with Crippen LogP contribution in [0.25, 0.3) is 0 Å². The third kappa shape index (κ3) is 3.18. The van der Waals surface area contributed by atoms with Crippen molar-refractivity contribution < 1.29 is 4.79 Å². The number of benzene rings is 1. The van der Waals surface area contributed by atoms with Gasteiger partial charge >= 0.3 is 0 Å². The number of hydrogen-bond acceptors (Lipinski definition) is 2. The van der Waals surface area contributed by atoms with E-state index in [1.807, 2.05) is 12.1 Å². The van der Waals surface area contributed by atoms with Crippen LogP contribution in [0, 0.1) is 0 Å². The summed E-state index contributed by atoms with van der Waals surface area (Å²) < 4.78 is 0. The molecule has 2 rings (SSSR count). The van der Waals surface area contributed by atoms with Crippen LogP contribution in [0.3, 0.4) is 0 Å². The molecule has 1 atom stereocenters. The fraction of sp³-hybridized carbons (Fsp3) is 0.500. The highest BCUT2D eigenvalue weighted by atomic mass is 35.5. The lowest BCUT2D eigenvalue weighted by atomic mass is 10.0. The van der Waals surface area contributed by atoms with E-state index in [0.29, 0.717) is 16.6 Å². The Morgan fingerprint density at radius 1 is 1.39 bits per heavy atom. The van der Waals surface area contributed by atoms with Crippen molar-refractivity contribution in [2.24, 2.45) is 0 Å². The number of hydrogen-bond donors (Lipinski definition) is 0. The molecule has 0 radical (unpaired) electrons. The summed E-state index contributed by atoms with van der Waals surface area (Å²) in [6.07, 6.45) is 3.72. The minimum atomic E-state index is 0.